The monoisotopic (exact) mass is 387 g/mol. The number of benzene rings is 2. The van der Waals surface area contributed by atoms with Gasteiger partial charge in [0.1, 0.15) is 17.1 Å². The number of carbonyl (C=O) groups excluding carboxylic acids is 1. The van der Waals surface area contributed by atoms with Crippen LogP contribution in [0.1, 0.15) is 32.3 Å². The molecule has 2 aromatic carbocycles. The second-order valence-corrected chi connectivity index (χ2v) is 7.98. The van der Waals surface area contributed by atoms with Gasteiger partial charge in [0.15, 0.2) is 0 Å². The molecule has 144 valence electrons. The molecule has 0 saturated heterocycles. The van der Waals surface area contributed by atoms with Gasteiger partial charge < -0.3 is 14.2 Å². The average molecular weight is 388 g/mol. The number of rotatable bonds is 8. The molecule has 0 aromatic heterocycles. The van der Waals surface area contributed by atoms with Crippen molar-refractivity contribution in [3.63, 3.8) is 0 Å². The third-order valence-electron chi connectivity index (χ3n) is 4.34. The van der Waals surface area contributed by atoms with Crippen LogP contribution in [-0.4, -0.2) is 25.6 Å². The van der Waals surface area contributed by atoms with E-state index in [2.05, 4.69) is 17.4 Å². The van der Waals surface area contributed by atoms with Gasteiger partial charge in [-0.15, -0.1) is 11.8 Å². The Bertz CT molecular complexity index is 807. The number of unbranched alkanes of at least 4 members (excludes halogenated alkanes) is 1. The first-order valence-electron chi connectivity index (χ1n) is 9.02. The van der Waals surface area contributed by atoms with Crippen LogP contribution in [0.15, 0.2) is 47.4 Å². The molecule has 5 nitrogen and oxygen atoms in total. The van der Waals surface area contributed by atoms with Crippen LogP contribution in [0.25, 0.3) is 0 Å². The minimum Gasteiger partial charge on any atom is -0.497 e. The van der Waals surface area contributed by atoms with Gasteiger partial charge in [-0.25, -0.2) is 4.79 Å². The van der Waals surface area contributed by atoms with Gasteiger partial charge in [0.05, 0.1) is 19.4 Å². The van der Waals surface area contributed by atoms with Crippen LogP contribution in [0.5, 0.6) is 11.5 Å². The number of carbonyl (C=O) groups is 1. The molecular weight excluding hydrogens is 362 g/mol. The van der Waals surface area contributed by atoms with Gasteiger partial charge in [-0.2, -0.15) is 0 Å². The van der Waals surface area contributed by atoms with Crippen LogP contribution in [-0.2, 0) is 10.3 Å². The highest BCUT2D eigenvalue weighted by Crippen LogP contribution is 2.37. The van der Waals surface area contributed by atoms with E-state index in [1.54, 1.807) is 7.11 Å². The predicted octanol–water partition coefficient (Wildman–Crippen LogP) is 5.44. The number of nitrogens with one attached hydrogen (secondary N) is 1. The molecule has 2 aromatic rings. The van der Waals surface area contributed by atoms with E-state index in [0.29, 0.717) is 6.61 Å². The fourth-order valence-corrected chi connectivity index (χ4v) is 3.88. The number of anilines is 1. The van der Waals surface area contributed by atoms with Gasteiger partial charge in [0.2, 0.25) is 0 Å². The zero-order chi connectivity index (χ0) is 19.3. The lowest BCUT2D eigenvalue weighted by molar-refractivity contribution is 0.0418. The number of hydrogen-bond donors (Lipinski definition) is 1. The largest absolute Gasteiger partial charge is 0.497 e. The van der Waals surface area contributed by atoms with Crippen molar-refractivity contribution in [3.05, 3.63) is 48.0 Å². The van der Waals surface area contributed by atoms with Crippen LogP contribution >= 0.6 is 11.8 Å². The Hall–Kier alpha value is -2.34. The Balaban J connectivity index is 1.44. The summed E-state index contributed by atoms with van der Waals surface area (Å²) in [7, 11) is 1.68. The number of hydrogen-bond acceptors (Lipinski definition) is 5. The Morgan fingerprint density at radius 1 is 1.11 bits per heavy atom. The van der Waals surface area contributed by atoms with Crippen LogP contribution < -0.4 is 14.8 Å². The Kier molecular flexibility index (Phi) is 6.16. The molecule has 27 heavy (non-hydrogen) atoms. The number of fused-ring (bicyclic) bond motifs is 1. The summed E-state index contributed by atoms with van der Waals surface area (Å²) >= 11 is 1.82. The third kappa shape index (κ3) is 5.10. The third-order valence-corrected chi connectivity index (χ3v) is 5.42. The smallest absolute Gasteiger partial charge is 0.412 e. The van der Waals surface area contributed by atoms with Crippen molar-refractivity contribution in [2.45, 2.75) is 37.2 Å². The summed E-state index contributed by atoms with van der Waals surface area (Å²) in [6, 6.07) is 13.8. The Labute approximate surface area is 164 Å². The standard InChI is InChI=1S/C21H25NO4S/c1-21(2)18-14-16(9-10-19(18)22-20(23)26-21)25-11-4-5-12-27-17-8-6-7-15(13-17)24-3/h6-10,13-14H,4-5,11-12H2,1-3H3,(H,22,23). The van der Waals surface area contributed by atoms with Crippen molar-refractivity contribution < 1.29 is 19.0 Å². The van der Waals surface area contributed by atoms with E-state index in [-0.39, 0.29) is 0 Å². The zero-order valence-electron chi connectivity index (χ0n) is 15.9. The molecule has 1 aliphatic heterocycles. The van der Waals surface area contributed by atoms with Crippen molar-refractivity contribution in [1.29, 1.82) is 0 Å². The quantitative estimate of drug-likeness (QED) is 0.482. The summed E-state index contributed by atoms with van der Waals surface area (Å²) in [6.07, 6.45) is 1.62. The van der Waals surface area contributed by atoms with E-state index in [1.807, 2.05) is 55.9 Å². The maximum atomic E-state index is 11.6. The van der Waals surface area contributed by atoms with E-state index in [1.165, 1.54) is 4.90 Å². The van der Waals surface area contributed by atoms with E-state index in [0.717, 1.165) is 41.3 Å². The van der Waals surface area contributed by atoms with Gasteiger partial charge in [0, 0.05) is 10.5 Å². The molecule has 1 amide bonds. The minimum atomic E-state index is -0.662. The van der Waals surface area contributed by atoms with E-state index in [9.17, 15) is 4.79 Å². The number of amides is 1. The number of methoxy groups -OCH3 is 1. The van der Waals surface area contributed by atoms with Gasteiger partial charge in [0.25, 0.3) is 0 Å². The number of ether oxygens (including phenoxy) is 3. The van der Waals surface area contributed by atoms with Crippen molar-refractivity contribution in [3.8, 4) is 11.5 Å². The molecule has 6 heteroatoms. The molecule has 0 radical (unpaired) electrons. The van der Waals surface area contributed by atoms with Crippen LogP contribution in [0.3, 0.4) is 0 Å². The van der Waals surface area contributed by atoms with Crippen LogP contribution in [0.2, 0.25) is 0 Å². The van der Waals surface area contributed by atoms with E-state index in [4.69, 9.17) is 14.2 Å². The van der Waals surface area contributed by atoms with Crippen LogP contribution in [0, 0.1) is 0 Å². The second-order valence-electron chi connectivity index (χ2n) is 6.82. The highest BCUT2D eigenvalue weighted by molar-refractivity contribution is 7.99. The van der Waals surface area contributed by atoms with Crippen molar-refractivity contribution in [2.24, 2.45) is 0 Å². The van der Waals surface area contributed by atoms with Gasteiger partial charge in [-0.1, -0.05) is 6.07 Å². The summed E-state index contributed by atoms with van der Waals surface area (Å²) in [5.74, 6) is 2.72. The maximum absolute atomic E-state index is 11.6. The fourth-order valence-electron chi connectivity index (χ4n) is 2.92. The van der Waals surface area contributed by atoms with Gasteiger partial charge in [-0.05, 0) is 68.8 Å². The number of thioether (sulfide) groups is 1. The lowest BCUT2D eigenvalue weighted by atomic mass is 9.94. The molecule has 0 atom stereocenters. The molecular formula is C21H25NO4S. The molecule has 0 bridgehead atoms. The first-order valence-corrected chi connectivity index (χ1v) is 10.0. The minimum absolute atomic E-state index is 0.422. The first-order chi connectivity index (χ1) is 13.0. The predicted molar refractivity (Wildman–Crippen MR) is 108 cm³/mol. The summed E-state index contributed by atoms with van der Waals surface area (Å²) in [5.41, 5.74) is 1.04. The highest BCUT2D eigenvalue weighted by Gasteiger charge is 2.33. The average Bonchev–Trinajstić information content (AvgIpc) is 2.64. The summed E-state index contributed by atoms with van der Waals surface area (Å²) in [4.78, 5) is 12.8. The van der Waals surface area contributed by atoms with Crippen LogP contribution in [0.4, 0.5) is 10.5 Å². The molecule has 0 saturated carbocycles. The lowest BCUT2D eigenvalue weighted by Gasteiger charge is -2.32. The van der Waals surface area contributed by atoms with E-state index >= 15 is 0 Å². The lowest BCUT2D eigenvalue weighted by Crippen LogP contribution is -2.34. The molecule has 0 fully saturated rings. The Morgan fingerprint density at radius 2 is 1.96 bits per heavy atom. The molecule has 3 rings (SSSR count). The number of cyclic esters (lactones) is 1. The molecule has 0 spiro atoms. The van der Waals surface area contributed by atoms with Gasteiger partial charge in [-0.3, -0.25) is 5.32 Å². The molecule has 1 N–H and O–H groups in total. The van der Waals surface area contributed by atoms with Crippen molar-refractivity contribution in [2.75, 3.05) is 24.8 Å². The SMILES string of the molecule is COc1cccc(SCCCCOc2ccc3c(c2)C(C)(C)OC(=O)N3)c1. The molecule has 0 unspecified atom stereocenters. The molecule has 1 heterocycles. The Morgan fingerprint density at radius 3 is 2.78 bits per heavy atom. The van der Waals surface area contributed by atoms with Crippen molar-refractivity contribution >= 4 is 23.5 Å². The first kappa shape index (κ1) is 19.4. The van der Waals surface area contributed by atoms with Gasteiger partial charge >= 0.3 is 6.09 Å². The maximum Gasteiger partial charge on any atom is 0.412 e. The normalized spacial score (nSPS) is 14.7. The second kappa shape index (κ2) is 8.57. The fraction of sp³-hybridized carbons (Fsp3) is 0.381. The summed E-state index contributed by atoms with van der Waals surface area (Å²) in [6.45, 7) is 4.42. The zero-order valence-corrected chi connectivity index (χ0v) is 16.7. The van der Waals surface area contributed by atoms with Crippen molar-refractivity contribution in [1.82, 2.24) is 0 Å². The molecule has 1 aliphatic rings. The van der Waals surface area contributed by atoms with E-state index < -0.39 is 11.7 Å². The topological polar surface area (TPSA) is 56.8 Å². The highest BCUT2D eigenvalue weighted by atomic mass is 32.2. The molecule has 0 aliphatic carbocycles. The summed E-state index contributed by atoms with van der Waals surface area (Å²) < 4.78 is 16.5. The summed E-state index contributed by atoms with van der Waals surface area (Å²) in [5, 5.41) is 2.72.